The van der Waals surface area contributed by atoms with E-state index in [2.05, 4.69) is 15.6 Å². The minimum absolute atomic E-state index is 0.391. The Morgan fingerprint density at radius 2 is 1.59 bits per heavy atom. The van der Waals surface area contributed by atoms with Gasteiger partial charge in [-0.05, 0) is 53.9 Å². The summed E-state index contributed by atoms with van der Waals surface area (Å²) in [6.07, 6.45) is 2.21. The summed E-state index contributed by atoms with van der Waals surface area (Å²) in [4.78, 5) is 17.8. The van der Waals surface area contributed by atoms with Crippen molar-refractivity contribution < 1.29 is 9.18 Å². The number of anilines is 1. The second-order valence-corrected chi connectivity index (χ2v) is 7.75. The van der Waals surface area contributed by atoms with Crippen LogP contribution in [0, 0.1) is 12.7 Å². The van der Waals surface area contributed by atoms with Crippen LogP contribution in [0.3, 0.4) is 0 Å². The smallest absolute Gasteiger partial charge is 0.320 e. The maximum atomic E-state index is 13.9. The van der Waals surface area contributed by atoms with E-state index in [1.54, 1.807) is 19.2 Å². The lowest BCUT2D eigenvalue weighted by Crippen LogP contribution is -2.50. The van der Waals surface area contributed by atoms with Gasteiger partial charge in [-0.25, -0.2) is 9.18 Å². The molecule has 32 heavy (non-hydrogen) atoms. The number of aromatic nitrogens is 1. The van der Waals surface area contributed by atoms with E-state index >= 15 is 0 Å². The molecule has 4 rings (SSSR count). The van der Waals surface area contributed by atoms with Crippen LogP contribution in [0.5, 0.6) is 0 Å². The topological polar surface area (TPSA) is 54.0 Å². The Balaban J connectivity index is 1.77. The molecule has 0 radical (unpaired) electrons. The molecule has 1 aromatic heterocycles. The van der Waals surface area contributed by atoms with Crippen LogP contribution < -0.4 is 10.6 Å². The molecule has 5 heteroatoms. The van der Waals surface area contributed by atoms with Crippen molar-refractivity contribution in [3.05, 3.63) is 131 Å². The normalized spacial score (nSPS) is 12.6. The average molecular weight is 426 g/mol. The first-order valence-corrected chi connectivity index (χ1v) is 10.4. The predicted molar refractivity (Wildman–Crippen MR) is 125 cm³/mol. The van der Waals surface area contributed by atoms with E-state index in [1.165, 1.54) is 12.1 Å². The van der Waals surface area contributed by atoms with E-state index < -0.39 is 17.4 Å². The van der Waals surface area contributed by atoms with Gasteiger partial charge in [-0.1, -0.05) is 66.7 Å². The van der Waals surface area contributed by atoms with Crippen molar-refractivity contribution in [2.24, 2.45) is 0 Å². The molecule has 0 bridgehead atoms. The van der Waals surface area contributed by atoms with Crippen molar-refractivity contribution in [3.8, 4) is 0 Å². The van der Waals surface area contributed by atoms with Crippen molar-refractivity contribution in [3.63, 3.8) is 0 Å². The third-order valence-corrected chi connectivity index (χ3v) is 5.31. The highest BCUT2D eigenvalue weighted by Crippen LogP contribution is 2.32. The molecular weight excluding hydrogens is 401 g/mol. The molecule has 0 aliphatic heterocycles. The number of nitrogens with one attached hydrogen (secondary N) is 2. The van der Waals surface area contributed by atoms with Gasteiger partial charge in [-0.2, -0.15) is 0 Å². The Hall–Kier alpha value is -3.99. The molecule has 1 atom stereocenters. The molecule has 4 aromatic rings. The van der Waals surface area contributed by atoms with E-state index in [9.17, 15) is 9.18 Å². The van der Waals surface area contributed by atoms with Crippen LogP contribution in [0.15, 0.2) is 103 Å². The van der Waals surface area contributed by atoms with Crippen LogP contribution in [-0.4, -0.2) is 11.0 Å². The molecule has 1 heterocycles. The first-order chi connectivity index (χ1) is 15.5. The van der Waals surface area contributed by atoms with Crippen molar-refractivity contribution in [2.45, 2.75) is 18.9 Å². The fourth-order valence-electron chi connectivity index (χ4n) is 3.93. The fourth-order valence-corrected chi connectivity index (χ4v) is 3.93. The van der Waals surface area contributed by atoms with Gasteiger partial charge in [0.05, 0.1) is 5.69 Å². The first kappa shape index (κ1) is 21.2. The minimum Gasteiger partial charge on any atom is -0.322 e. The number of carbonyl (C=O) groups is 1. The number of nitrogens with zero attached hydrogens (tertiary/aromatic N) is 1. The summed E-state index contributed by atoms with van der Waals surface area (Å²) in [5.41, 5.74) is 2.83. The zero-order chi connectivity index (χ0) is 22.4. The quantitative estimate of drug-likeness (QED) is 0.408. The van der Waals surface area contributed by atoms with Crippen LogP contribution in [0.25, 0.3) is 0 Å². The summed E-state index contributed by atoms with van der Waals surface area (Å²) in [7, 11) is 0. The largest absolute Gasteiger partial charge is 0.322 e. The van der Waals surface area contributed by atoms with Gasteiger partial charge in [0, 0.05) is 18.3 Å². The van der Waals surface area contributed by atoms with Gasteiger partial charge < -0.3 is 10.6 Å². The van der Waals surface area contributed by atoms with Gasteiger partial charge in [-0.3, -0.25) is 4.98 Å². The summed E-state index contributed by atoms with van der Waals surface area (Å²) in [5, 5.41) is 5.95. The third-order valence-electron chi connectivity index (χ3n) is 5.31. The molecule has 0 saturated carbocycles. The van der Waals surface area contributed by atoms with E-state index in [4.69, 9.17) is 0 Å². The minimum atomic E-state index is -0.934. The number of pyridine rings is 1. The number of aryl methyl sites for hydroxylation is 1. The molecule has 160 valence electrons. The van der Waals surface area contributed by atoms with Gasteiger partial charge in [-0.15, -0.1) is 0 Å². The lowest BCUT2D eigenvalue weighted by atomic mass is 9.80. The van der Waals surface area contributed by atoms with Crippen LogP contribution in [-0.2, 0) is 12.0 Å². The summed E-state index contributed by atoms with van der Waals surface area (Å²) in [6.45, 7) is 1.78. The van der Waals surface area contributed by atoms with Gasteiger partial charge in [0.2, 0.25) is 0 Å². The van der Waals surface area contributed by atoms with E-state index in [0.717, 1.165) is 16.7 Å². The average Bonchev–Trinajstić information content (AvgIpc) is 2.80. The van der Waals surface area contributed by atoms with Crippen LogP contribution in [0.4, 0.5) is 14.9 Å². The SMILES string of the molecule is Cc1cc(F)cc(NC(=O)NC(Cc2ccccc2)(c2ccccc2)c2ccccn2)c1. The van der Waals surface area contributed by atoms with Gasteiger partial charge in [0.25, 0.3) is 0 Å². The zero-order valence-corrected chi connectivity index (χ0v) is 17.8. The Morgan fingerprint density at radius 3 is 2.25 bits per heavy atom. The standard InChI is InChI=1S/C27H24FN3O/c1-20-16-23(28)18-24(17-20)30-26(32)31-27(22-12-6-3-7-13-22,25-14-8-9-15-29-25)19-21-10-4-2-5-11-21/h2-18H,19H2,1H3,(H2,30,31,32). The van der Waals surface area contributed by atoms with Gasteiger partial charge >= 0.3 is 6.03 Å². The number of halogens is 1. The molecule has 2 amide bonds. The monoisotopic (exact) mass is 425 g/mol. The third kappa shape index (κ3) is 4.83. The van der Waals surface area contributed by atoms with Crippen LogP contribution in [0.1, 0.15) is 22.4 Å². The summed E-state index contributed by atoms with van der Waals surface area (Å²) in [5.74, 6) is -0.399. The Kier molecular flexibility index (Phi) is 6.26. The van der Waals surface area contributed by atoms with Crippen LogP contribution in [0.2, 0.25) is 0 Å². The Bertz CT molecular complexity index is 1120. The van der Waals surface area contributed by atoms with Crippen molar-refractivity contribution in [1.82, 2.24) is 10.3 Å². The molecule has 1 unspecified atom stereocenters. The molecule has 0 spiro atoms. The van der Waals surface area contributed by atoms with Crippen molar-refractivity contribution in [1.29, 1.82) is 0 Å². The number of amides is 2. The van der Waals surface area contributed by atoms with Crippen molar-refractivity contribution >= 4 is 11.7 Å². The fraction of sp³-hybridized carbons (Fsp3) is 0.111. The molecule has 0 aliphatic carbocycles. The second-order valence-electron chi connectivity index (χ2n) is 7.75. The molecule has 0 aliphatic rings. The highest BCUT2D eigenvalue weighted by Gasteiger charge is 2.37. The van der Waals surface area contributed by atoms with Crippen molar-refractivity contribution in [2.75, 3.05) is 5.32 Å². The summed E-state index contributed by atoms with van der Waals surface area (Å²) in [6, 6.07) is 29.4. The number of hydrogen-bond donors (Lipinski definition) is 2. The number of benzene rings is 3. The molecular formula is C27H24FN3O. The van der Waals surface area contributed by atoms with Crippen LogP contribution >= 0.6 is 0 Å². The lowest BCUT2D eigenvalue weighted by Gasteiger charge is -2.35. The first-order valence-electron chi connectivity index (χ1n) is 10.4. The molecule has 0 saturated heterocycles. The van der Waals surface area contributed by atoms with E-state index in [-0.39, 0.29) is 0 Å². The number of urea groups is 1. The maximum absolute atomic E-state index is 13.9. The van der Waals surface area contributed by atoms with Gasteiger partial charge in [0.15, 0.2) is 0 Å². The molecule has 2 N–H and O–H groups in total. The Labute approximate surface area is 187 Å². The molecule has 4 nitrogen and oxygen atoms in total. The van der Waals surface area contributed by atoms with E-state index in [1.807, 2.05) is 78.9 Å². The summed E-state index contributed by atoms with van der Waals surface area (Å²) >= 11 is 0. The zero-order valence-electron chi connectivity index (χ0n) is 17.8. The Morgan fingerprint density at radius 1 is 0.906 bits per heavy atom. The predicted octanol–water partition coefficient (Wildman–Crippen LogP) is 5.84. The number of carbonyl (C=O) groups excluding carboxylic acids is 1. The highest BCUT2D eigenvalue weighted by molar-refractivity contribution is 5.90. The second kappa shape index (κ2) is 9.43. The van der Waals surface area contributed by atoms with E-state index in [0.29, 0.717) is 17.8 Å². The molecule has 3 aromatic carbocycles. The maximum Gasteiger partial charge on any atom is 0.320 e. The summed E-state index contributed by atoms with van der Waals surface area (Å²) < 4.78 is 13.9. The lowest BCUT2D eigenvalue weighted by molar-refractivity contribution is 0.241. The molecule has 0 fully saturated rings. The highest BCUT2D eigenvalue weighted by atomic mass is 19.1. The number of hydrogen-bond acceptors (Lipinski definition) is 2. The number of rotatable bonds is 6. The van der Waals surface area contributed by atoms with Gasteiger partial charge in [0.1, 0.15) is 11.4 Å².